The first-order chi connectivity index (χ1) is 14.0. The molecule has 4 atom stereocenters. The summed E-state index contributed by atoms with van der Waals surface area (Å²) in [6.45, 7) is 1.52. The van der Waals surface area contributed by atoms with Crippen LogP contribution in [-0.2, 0) is 4.74 Å². The van der Waals surface area contributed by atoms with Gasteiger partial charge in [-0.15, -0.1) is 0 Å². The number of likely N-dealkylation sites (tertiary alicyclic amines) is 1. The molecule has 1 aromatic carbocycles. The first-order valence-electron chi connectivity index (χ1n) is 10.1. The zero-order valence-corrected chi connectivity index (χ0v) is 17.3. The molecule has 1 amide bonds. The Labute approximate surface area is 171 Å². The molecule has 2 N–H and O–H groups in total. The number of rotatable bonds is 4. The topological polar surface area (TPSA) is 84.6 Å². The van der Waals surface area contributed by atoms with E-state index in [0.717, 1.165) is 31.5 Å². The molecule has 7 nitrogen and oxygen atoms in total. The maximum atomic E-state index is 13.4. The van der Waals surface area contributed by atoms with Crippen molar-refractivity contribution in [3.05, 3.63) is 42.1 Å². The molecule has 0 unspecified atom stereocenters. The highest BCUT2D eigenvalue weighted by molar-refractivity contribution is 6.00. The fourth-order valence-corrected chi connectivity index (χ4v) is 4.89. The van der Waals surface area contributed by atoms with Crippen LogP contribution in [0.4, 0.5) is 5.95 Å². The van der Waals surface area contributed by atoms with Gasteiger partial charge in [0, 0.05) is 38.0 Å². The SMILES string of the molecule is CO[C@@H]1C[C@H]2CN(C(=O)c3cnc(N)nc3-c3ccccc3)C[C@H]2C[C@H]1N(C)C. The molecular formula is C22H29N5O2. The molecule has 2 aliphatic rings. The lowest BCUT2D eigenvalue weighted by molar-refractivity contribution is -0.0209. The van der Waals surface area contributed by atoms with E-state index < -0.39 is 0 Å². The number of ether oxygens (including phenoxy) is 1. The van der Waals surface area contributed by atoms with Crippen molar-refractivity contribution in [2.45, 2.75) is 25.0 Å². The summed E-state index contributed by atoms with van der Waals surface area (Å²) >= 11 is 0. The van der Waals surface area contributed by atoms with Crippen molar-refractivity contribution in [2.75, 3.05) is 40.0 Å². The maximum absolute atomic E-state index is 13.4. The van der Waals surface area contributed by atoms with Gasteiger partial charge in [0.05, 0.1) is 17.4 Å². The van der Waals surface area contributed by atoms with Crippen LogP contribution in [0, 0.1) is 11.8 Å². The number of hydrogen-bond acceptors (Lipinski definition) is 6. The van der Waals surface area contributed by atoms with Crippen LogP contribution < -0.4 is 5.73 Å². The van der Waals surface area contributed by atoms with Crippen molar-refractivity contribution < 1.29 is 9.53 Å². The number of carbonyl (C=O) groups excluding carboxylic acids is 1. The number of nitrogens with zero attached hydrogens (tertiary/aromatic N) is 4. The number of carbonyl (C=O) groups is 1. The summed E-state index contributed by atoms with van der Waals surface area (Å²) in [4.78, 5) is 26.1. The number of nitrogen functional groups attached to an aromatic ring is 1. The summed E-state index contributed by atoms with van der Waals surface area (Å²) in [5, 5.41) is 0. The van der Waals surface area contributed by atoms with Crippen molar-refractivity contribution in [3.63, 3.8) is 0 Å². The van der Waals surface area contributed by atoms with Gasteiger partial charge in [-0.2, -0.15) is 0 Å². The zero-order valence-electron chi connectivity index (χ0n) is 17.3. The molecule has 1 saturated heterocycles. The third-order valence-corrected chi connectivity index (χ3v) is 6.42. The van der Waals surface area contributed by atoms with Crippen LogP contribution in [0.25, 0.3) is 11.3 Å². The number of benzene rings is 1. The van der Waals surface area contributed by atoms with Crippen LogP contribution in [-0.4, -0.2) is 72.1 Å². The molecule has 7 heteroatoms. The predicted molar refractivity (Wildman–Crippen MR) is 112 cm³/mol. The van der Waals surface area contributed by atoms with Crippen LogP contribution in [0.5, 0.6) is 0 Å². The van der Waals surface area contributed by atoms with Gasteiger partial charge in [0.15, 0.2) is 0 Å². The molecule has 0 radical (unpaired) electrons. The van der Waals surface area contributed by atoms with Gasteiger partial charge in [-0.25, -0.2) is 9.97 Å². The molecule has 0 spiro atoms. The van der Waals surface area contributed by atoms with Crippen LogP contribution >= 0.6 is 0 Å². The molecule has 1 aliphatic carbocycles. The van der Waals surface area contributed by atoms with Crippen LogP contribution in [0.15, 0.2) is 36.5 Å². The van der Waals surface area contributed by atoms with E-state index in [4.69, 9.17) is 10.5 Å². The van der Waals surface area contributed by atoms with Gasteiger partial charge >= 0.3 is 0 Å². The largest absolute Gasteiger partial charge is 0.380 e. The molecular weight excluding hydrogens is 366 g/mol. The lowest BCUT2D eigenvalue weighted by Crippen LogP contribution is -2.47. The van der Waals surface area contributed by atoms with Crippen LogP contribution in [0.2, 0.25) is 0 Å². The van der Waals surface area contributed by atoms with E-state index in [2.05, 4.69) is 29.0 Å². The lowest BCUT2D eigenvalue weighted by Gasteiger charge is -2.40. The number of anilines is 1. The van der Waals surface area contributed by atoms with E-state index in [9.17, 15) is 4.79 Å². The zero-order chi connectivity index (χ0) is 20.5. The van der Waals surface area contributed by atoms with Crippen molar-refractivity contribution in [2.24, 2.45) is 11.8 Å². The molecule has 1 saturated carbocycles. The van der Waals surface area contributed by atoms with Gasteiger partial charge in [-0.1, -0.05) is 30.3 Å². The average molecular weight is 396 g/mol. The number of methoxy groups -OCH3 is 1. The highest BCUT2D eigenvalue weighted by Gasteiger charge is 2.44. The summed E-state index contributed by atoms with van der Waals surface area (Å²) in [6.07, 6.45) is 3.80. The molecule has 2 heterocycles. The number of hydrogen-bond donors (Lipinski definition) is 1. The minimum Gasteiger partial charge on any atom is -0.380 e. The van der Waals surface area contributed by atoms with Gasteiger partial charge in [-0.3, -0.25) is 4.79 Å². The highest BCUT2D eigenvalue weighted by atomic mass is 16.5. The predicted octanol–water partition coefficient (Wildman–Crippen LogP) is 2.15. The molecule has 1 aliphatic heterocycles. The van der Waals surface area contributed by atoms with Crippen molar-refractivity contribution in [1.82, 2.24) is 19.8 Å². The van der Waals surface area contributed by atoms with Gasteiger partial charge in [0.1, 0.15) is 0 Å². The van der Waals surface area contributed by atoms with E-state index in [-0.39, 0.29) is 18.0 Å². The Balaban J connectivity index is 1.58. The fourth-order valence-electron chi connectivity index (χ4n) is 4.89. The van der Waals surface area contributed by atoms with Crippen molar-refractivity contribution in [3.8, 4) is 11.3 Å². The second-order valence-electron chi connectivity index (χ2n) is 8.36. The van der Waals surface area contributed by atoms with Gasteiger partial charge in [0.2, 0.25) is 5.95 Å². The van der Waals surface area contributed by atoms with E-state index in [1.54, 1.807) is 13.3 Å². The molecule has 154 valence electrons. The second kappa shape index (κ2) is 8.08. The first-order valence-corrected chi connectivity index (χ1v) is 10.1. The van der Waals surface area contributed by atoms with Gasteiger partial charge < -0.3 is 20.3 Å². The lowest BCUT2D eigenvalue weighted by atomic mass is 9.77. The molecule has 2 fully saturated rings. The Bertz CT molecular complexity index is 873. The Morgan fingerprint density at radius 1 is 1.17 bits per heavy atom. The van der Waals surface area contributed by atoms with Gasteiger partial charge in [-0.05, 0) is 38.8 Å². The Hall–Kier alpha value is -2.51. The summed E-state index contributed by atoms with van der Waals surface area (Å²) in [7, 11) is 6.00. The molecule has 4 rings (SSSR count). The Morgan fingerprint density at radius 3 is 2.52 bits per heavy atom. The van der Waals surface area contributed by atoms with Gasteiger partial charge in [0.25, 0.3) is 5.91 Å². The standard InChI is InChI=1S/C22H29N5O2/c1-26(2)18-9-15-12-27(13-16(15)10-19(18)29-3)21(28)17-11-24-22(23)25-20(17)14-7-5-4-6-8-14/h4-8,11,15-16,18-19H,9-10,12-13H2,1-3H3,(H2,23,24,25)/t15-,16+,18-,19-/m1/s1. The summed E-state index contributed by atoms with van der Waals surface area (Å²) < 4.78 is 5.76. The molecule has 29 heavy (non-hydrogen) atoms. The Morgan fingerprint density at radius 2 is 1.86 bits per heavy atom. The quantitative estimate of drug-likeness (QED) is 0.854. The number of aromatic nitrogens is 2. The number of fused-ring (bicyclic) bond motifs is 1. The van der Waals surface area contributed by atoms with Crippen molar-refractivity contribution in [1.29, 1.82) is 0 Å². The molecule has 2 aromatic rings. The smallest absolute Gasteiger partial charge is 0.257 e. The minimum absolute atomic E-state index is 0.0198. The maximum Gasteiger partial charge on any atom is 0.257 e. The normalized spacial score (nSPS) is 26.6. The third-order valence-electron chi connectivity index (χ3n) is 6.42. The van der Waals surface area contributed by atoms with E-state index in [0.29, 0.717) is 29.1 Å². The Kier molecular flexibility index (Phi) is 5.52. The number of nitrogens with two attached hydrogens (primary N) is 1. The highest BCUT2D eigenvalue weighted by Crippen LogP contribution is 2.39. The number of amides is 1. The minimum atomic E-state index is -0.0198. The monoisotopic (exact) mass is 395 g/mol. The van der Waals surface area contributed by atoms with E-state index in [1.165, 1.54) is 0 Å². The van der Waals surface area contributed by atoms with Crippen LogP contribution in [0.1, 0.15) is 23.2 Å². The summed E-state index contributed by atoms with van der Waals surface area (Å²) in [6, 6.07) is 10.1. The van der Waals surface area contributed by atoms with E-state index in [1.807, 2.05) is 35.2 Å². The number of likely N-dealkylation sites (N-methyl/N-ethyl adjacent to an activating group) is 1. The molecule has 0 bridgehead atoms. The summed E-state index contributed by atoms with van der Waals surface area (Å²) in [5.41, 5.74) is 7.80. The van der Waals surface area contributed by atoms with E-state index >= 15 is 0 Å². The average Bonchev–Trinajstić information content (AvgIpc) is 3.15. The fraction of sp³-hybridized carbons (Fsp3) is 0.500. The first kappa shape index (κ1) is 19.8. The second-order valence-corrected chi connectivity index (χ2v) is 8.36. The summed E-state index contributed by atoms with van der Waals surface area (Å²) in [5.74, 6) is 1.11. The van der Waals surface area contributed by atoms with Crippen molar-refractivity contribution >= 4 is 11.9 Å². The van der Waals surface area contributed by atoms with Crippen LogP contribution in [0.3, 0.4) is 0 Å². The molecule has 1 aromatic heterocycles. The third kappa shape index (κ3) is 3.84.